The van der Waals surface area contributed by atoms with Crippen LogP contribution in [0.1, 0.15) is 10.4 Å². The van der Waals surface area contributed by atoms with Crippen LogP contribution in [0.4, 0.5) is 17.8 Å². The van der Waals surface area contributed by atoms with Crippen LogP contribution in [0.25, 0.3) is 0 Å². The maximum absolute atomic E-state index is 5.53. The molecule has 17 heavy (non-hydrogen) atoms. The second kappa shape index (κ2) is 4.54. The second-order valence-electron chi connectivity index (χ2n) is 3.71. The Hall–Kier alpha value is -1.89. The molecule has 4 N–H and O–H groups in total. The fourth-order valence-corrected chi connectivity index (χ4v) is 2.19. The van der Waals surface area contributed by atoms with Crippen molar-refractivity contribution in [3.8, 4) is 0 Å². The van der Waals surface area contributed by atoms with Gasteiger partial charge in [0, 0.05) is 18.5 Å². The molecule has 0 radical (unpaired) electrons. The van der Waals surface area contributed by atoms with Gasteiger partial charge < -0.3 is 16.4 Å². The molecule has 0 bridgehead atoms. The lowest BCUT2D eigenvalue weighted by Crippen LogP contribution is -2.20. The lowest BCUT2D eigenvalue weighted by atomic mass is 10.2. The van der Waals surface area contributed by atoms with E-state index >= 15 is 0 Å². The van der Waals surface area contributed by atoms with Gasteiger partial charge in [-0.2, -0.15) is 15.0 Å². The van der Waals surface area contributed by atoms with E-state index in [4.69, 9.17) is 11.5 Å². The van der Waals surface area contributed by atoms with Crippen molar-refractivity contribution in [2.75, 3.05) is 23.4 Å². The van der Waals surface area contributed by atoms with E-state index in [1.54, 1.807) is 11.3 Å². The van der Waals surface area contributed by atoms with Crippen LogP contribution in [0.15, 0.2) is 11.4 Å². The number of hydrogen-bond donors (Lipinski definition) is 2. The molecule has 0 aliphatic rings. The molecule has 2 heterocycles. The van der Waals surface area contributed by atoms with Crippen LogP contribution in [0.2, 0.25) is 0 Å². The normalized spacial score (nSPS) is 10.5. The molecule has 2 aromatic heterocycles. The largest absolute Gasteiger partial charge is 0.368 e. The lowest BCUT2D eigenvalue weighted by molar-refractivity contribution is 0.859. The molecule has 0 fully saturated rings. The Morgan fingerprint density at radius 2 is 1.88 bits per heavy atom. The average Bonchev–Trinajstić information content (AvgIpc) is 2.63. The fourth-order valence-electron chi connectivity index (χ4n) is 1.47. The third-order valence-corrected chi connectivity index (χ3v) is 3.26. The number of rotatable bonds is 3. The molecular weight excluding hydrogens is 236 g/mol. The number of aryl methyl sites for hydroxylation is 1. The van der Waals surface area contributed by atoms with Gasteiger partial charge in [-0.3, -0.25) is 0 Å². The van der Waals surface area contributed by atoms with Crippen LogP contribution < -0.4 is 16.4 Å². The van der Waals surface area contributed by atoms with Gasteiger partial charge in [0.1, 0.15) is 0 Å². The summed E-state index contributed by atoms with van der Waals surface area (Å²) in [6.45, 7) is 2.81. The number of aromatic nitrogens is 3. The average molecular weight is 250 g/mol. The summed E-state index contributed by atoms with van der Waals surface area (Å²) in [4.78, 5) is 15.0. The third-order valence-electron chi connectivity index (χ3n) is 2.37. The van der Waals surface area contributed by atoms with Gasteiger partial charge in [0.05, 0.1) is 0 Å². The Morgan fingerprint density at radius 1 is 1.24 bits per heavy atom. The molecule has 0 amide bonds. The number of nitrogens with zero attached hydrogens (tertiary/aromatic N) is 4. The number of hydrogen-bond acceptors (Lipinski definition) is 7. The Bertz CT molecular complexity index is 503. The quantitative estimate of drug-likeness (QED) is 0.845. The van der Waals surface area contributed by atoms with E-state index in [9.17, 15) is 0 Å². The summed E-state index contributed by atoms with van der Waals surface area (Å²) in [5.74, 6) is 0.767. The van der Waals surface area contributed by atoms with Crippen LogP contribution in [0.5, 0.6) is 0 Å². The zero-order chi connectivity index (χ0) is 12.4. The van der Waals surface area contributed by atoms with Crippen LogP contribution in [0.3, 0.4) is 0 Å². The number of nitrogen functional groups attached to an aromatic ring is 2. The minimum atomic E-state index is 0.140. The van der Waals surface area contributed by atoms with Gasteiger partial charge in [-0.1, -0.05) is 0 Å². The van der Waals surface area contributed by atoms with Crippen LogP contribution in [0, 0.1) is 6.92 Å². The molecule has 6 nitrogen and oxygen atoms in total. The zero-order valence-electron chi connectivity index (χ0n) is 9.71. The van der Waals surface area contributed by atoms with Gasteiger partial charge in [-0.05, 0) is 23.9 Å². The molecule has 0 unspecified atom stereocenters. The first kappa shape index (κ1) is 11.6. The van der Waals surface area contributed by atoms with E-state index in [0.717, 1.165) is 6.54 Å². The molecule has 0 aromatic carbocycles. The molecule has 7 heteroatoms. The minimum Gasteiger partial charge on any atom is -0.368 e. The molecule has 0 aliphatic heterocycles. The standard InChI is InChI=1S/C10H14N6S/c1-6-7(3-4-17-6)5-16(2)10-14-8(11)13-9(12)15-10/h3-4H,5H2,1-2H3,(H4,11,12,13,14,15). The van der Waals surface area contributed by atoms with E-state index in [1.807, 2.05) is 11.9 Å². The molecular formula is C10H14N6S. The molecule has 0 atom stereocenters. The molecule has 2 rings (SSSR count). The van der Waals surface area contributed by atoms with Gasteiger partial charge in [-0.15, -0.1) is 11.3 Å². The van der Waals surface area contributed by atoms with Crippen molar-refractivity contribution in [1.82, 2.24) is 15.0 Å². The van der Waals surface area contributed by atoms with Crippen molar-refractivity contribution in [3.63, 3.8) is 0 Å². The molecule has 0 saturated carbocycles. The summed E-state index contributed by atoms with van der Waals surface area (Å²) < 4.78 is 0. The van der Waals surface area contributed by atoms with Crippen LogP contribution >= 0.6 is 11.3 Å². The number of anilines is 3. The second-order valence-corrected chi connectivity index (χ2v) is 4.83. The summed E-state index contributed by atoms with van der Waals surface area (Å²) in [5.41, 5.74) is 12.3. The van der Waals surface area contributed by atoms with E-state index in [1.165, 1.54) is 10.4 Å². The van der Waals surface area contributed by atoms with E-state index in [2.05, 4.69) is 33.3 Å². The maximum atomic E-state index is 5.53. The van der Waals surface area contributed by atoms with Crippen molar-refractivity contribution >= 4 is 29.2 Å². The summed E-state index contributed by atoms with van der Waals surface area (Å²) in [6.07, 6.45) is 0. The van der Waals surface area contributed by atoms with Gasteiger partial charge >= 0.3 is 0 Å². The Morgan fingerprint density at radius 3 is 2.41 bits per heavy atom. The Labute approximate surface area is 103 Å². The Balaban J connectivity index is 2.20. The maximum Gasteiger partial charge on any atom is 0.231 e. The van der Waals surface area contributed by atoms with Gasteiger partial charge in [0.25, 0.3) is 0 Å². The highest BCUT2D eigenvalue weighted by atomic mass is 32.1. The SMILES string of the molecule is Cc1sccc1CN(C)c1nc(N)nc(N)n1. The van der Waals surface area contributed by atoms with Crippen molar-refractivity contribution in [1.29, 1.82) is 0 Å². The topological polar surface area (TPSA) is 94.0 Å². The van der Waals surface area contributed by atoms with Gasteiger partial charge in [0.2, 0.25) is 17.8 Å². The third kappa shape index (κ3) is 2.62. The summed E-state index contributed by atoms with van der Waals surface area (Å²) in [7, 11) is 1.89. The zero-order valence-corrected chi connectivity index (χ0v) is 10.5. The van der Waals surface area contributed by atoms with Gasteiger partial charge in [-0.25, -0.2) is 0 Å². The first-order valence-corrected chi connectivity index (χ1v) is 5.95. The van der Waals surface area contributed by atoms with Crippen molar-refractivity contribution in [3.05, 3.63) is 21.9 Å². The van der Waals surface area contributed by atoms with Crippen LogP contribution in [-0.4, -0.2) is 22.0 Å². The fraction of sp³-hybridized carbons (Fsp3) is 0.300. The highest BCUT2D eigenvalue weighted by Crippen LogP contribution is 2.18. The highest BCUT2D eigenvalue weighted by molar-refractivity contribution is 7.10. The van der Waals surface area contributed by atoms with E-state index < -0.39 is 0 Å². The first-order valence-electron chi connectivity index (χ1n) is 5.07. The summed E-state index contributed by atoms with van der Waals surface area (Å²) in [5, 5.41) is 2.06. The van der Waals surface area contributed by atoms with Crippen molar-refractivity contribution in [2.45, 2.75) is 13.5 Å². The van der Waals surface area contributed by atoms with Gasteiger partial charge in [0.15, 0.2) is 0 Å². The molecule has 90 valence electrons. The number of nitrogens with two attached hydrogens (primary N) is 2. The smallest absolute Gasteiger partial charge is 0.231 e. The molecule has 0 aliphatic carbocycles. The van der Waals surface area contributed by atoms with E-state index in [0.29, 0.717) is 5.95 Å². The number of thiophene rings is 1. The predicted molar refractivity (Wildman–Crippen MR) is 69.8 cm³/mol. The highest BCUT2D eigenvalue weighted by Gasteiger charge is 2.09. The Kier molecular flexibility index (Phi) is 3.10. The predicted octanol–water partition coefficient (Wildman–Crippen LogP) is 1.04. The van der Waals surface area contributed by atoms with Crippen molar-refractivity contribution in [2.24, 2.45) is 0 Å². The van der Waals surface area contributed by atoms with Crippen LogP contribution in [-0.2, 0) is 6.54 Å². The minimum absolute atomic E-state index is 0.140. The summed E-state index contributed by atoms with van der Waals surface area (Å²) >= 11 is 1.72. The molecule has 0 saturated heterocycles. The molecule has 0 spiro atoms. The summed E-state index contributed by atoms with van der Waals surface area (Å²) in [6, 6.07) is 2.09. The van der Waals surface area contributed by atoms with Crippen molar-refractivity contribution < 1.29 is 0 Å². The van der Waals surface area contributed by atoms with E-state index in [-0.39, 0.29) is 11.9 Å². The molecule has 2 aromatic rings. The lowest BCUT2D eigenvalue weighted by Gasteiger charge is -2.17. The monoisotopic (exact) mass is 250 g/mol. The first-order chi connectivity index (χ1) is 8.06.